The molecule has 0 spiro atoms. The zero-order valence-corrected chi connectivity index (χ0v) is 19.7. The molecule has 3 heterocycles. The summed E-state index contributed by atoms with van der Waals surface area (Å²) < 4.78 is 21.9. The Balaban J connectivity index is 1.26. The highest BCUT2D eigenvalue weighted by Crippen LogP contribution is 2.39. The van der Waals surface area contributed by atoms with Crippen molar-refractivity contribution < 1.29 is 28.5 Å². The number of nitrogens with one attached hydrogen (secondary N) is 1. The highest BCUT2D eigenvalue weighted by atomic mass is 16.7. The number of para-hydroxylation sites is 1. The molecule has 0 bridgehead atoms. The number of allylic oxidation sites excluding steroid dienone is 1. The third kappa shape index (κ3) is 4.40. The Morgan fingerprint density at radius 3 is 2.89 bits per heavy atom. The normalized spacial score (nSPS) is 19.0. The number of carbonyl (C=O) groups is 2. The van der Waals surface area contributed by atoms with Gasteiger partial charge < -0.3 is 24.3 Å². The van der Waals surface area contributed by atoms with E-state index >= 15 is 0 Å². The van der Waals surface area contributed by atoms with Gasteiger partial charge in [0.15, 0.2) is 18.1 Å². The minimum atomic E-state index is -0.513. The van der Waals surface area contributed by atoms with Gasteiger partial charge in [-0.2, -0.15) is 0 Å². The average molecular weight is 487 g/mol. The number of amides is 1. The van der Waals surface area contributed by atoms with Crippen LogP contribution in [-0.4, -0.2) is 49.5 Å². The van der Waals surface area contributed by atoms with Crippen LogP contribution in [0.15, 0.2) is 42.5 Å². The summed E-state index contributed by atoms with van der Waals surface area (Å²) in [6, 6.07) is 13.3. The molecule has 3 aliphatic rings. The van der Waals surface area contributed by atoms with E-state index in [0.29, 0.717) is 24.0 Å². The second-order valence-electron chi connectivity index (χ2n) is 9.13. The zero-order valence-electron chi connectivity index (χ0n) is 19.7. The number of ether oxygens (including phenoxy) is 4. The molecule has 1 amide bonds. The van der Waals surface area contributed by atoms with Crippen molar-refractivity contribution in [1.82, 2.24) is 10.3 Å². The zero-order chi connectivity index (χ0) is 24.5. The summed E-state index contributed by atoms with van der Waals surface area (Å²) in [6.07, 6.45) is 5.45. The van der Waals surface area contributed by atoms with Crippen LogP contribution in [0, 0.1) is 0 Å². The molecule has 1 unspecified atom stereocenters. The van der Waals surface area contributed by atoms with Gasteiger partial charge in [0.2, 0.25) is 6.79 Å². The Morgan fingerprint density at radius 2 is 2.00 bits per heavy atom. The van der Waals surface area contributed by atoms with Crippen LogP contribution in [0.25, 0.3) is 22.6 Å². The highest BCUT2D eigenvalue weighted by molar-refractivity contribution is 6.07. The van der Waals surface area contributed by atoms with E-state index in [2.05, 4.69) is 11.4 Å². The molecule has 1 N–H and O–H groups in total. The predicted octanol–water partition coefficient (Wildman–Crippen LogP) is 3.90. The minimum Gasteiger partial charge on any atom is -0.454 e. The lowest BCUT2D eigenvalue weighted by Crippen LogP contribution is -2.34. The summed E-state index contributed by atoms with van der Waals surface area (Å²) in [5.41, 5.74) is 4.86. The van der Waals surface area contributed by atoms with E-state index in [1.807, 2.05) is 42.5 Å². The molecule has 1 fully saturated rings. The van der Waals surface area contributed by atoms with Crippen LogP contribution in [0.4, 0.5) is 0 Å². The molecule has 1 aliphatic carbocycles. The number of hydrogen-bond donors (Lipinski definition) is 1. The molecule has 1 atom stereocenters. The summed E-state index contributed by atoms with van der Waals surface area (Å²) in [5, 5.41) is 3.52. The van der Waals surface area contributed by atoms with Crippen LogP contribution in [0.2, 0.25) is 0 Å². The van der Waals surface area contributed by atoms with Crippen molar-refractivity contribution >= 4 is 34.4 Å². The van der Waals surface area contributed by atoms with Gasteiger partial charge in [-0.3, -0.25) is 4.79 Å². The molecule has 8 nitrogen and oxygen atoms in total. The molecule has 0 saturated carbocycles. The van der Waals surface area contributed by atoms with Crippen LogP contribution in [0.5, 0.6) is 11.5 Å². The summed E-state index contributed by atoms with van der Waals surface area (Å²) in [5.74, 6) is 0.604. The SMILES string of the molecule is O=C(COC(=O)c1c2c(nc3ccccc13)/C(=C/c1ccc3c(c1)OCO3)CC2)NCC1CCCO1. The number of pyridine rings is 1. The smallest absolute Gasteiger partial charge is 0.339 e. The predicted molar refractivity (Wildman–Crippen MR) is 133 cm³/mol. The topological polar surface area (TPSA) is 96.0 Å². The molecule has 2 aliphatic heterocycles. The summed E-state index contributed by atoms with van der Waals surface area (Å²) >= 11 is 0. The Morgan fingerprint density at radius 1 is 1.11 bits per heavy atom. The fourth-order valence-corrected chi connectivity index (χ4v) is 5.00. The Bertz CT molecular complexity index is 1380. The van der Waals surface area contributed by atoms with Crippen molar-refractivity contribution in [3.63, 3.8) is 0 Å². The maximum absolute atomic E-state index is 13.3. The summed E-state index contributed by atoms with van der Waals surface area (Å²) in [4.78, 5) is 30.4. The molecule has 6 rings (SSSR count). The molecule has 2 aromatic carbocycles. The first kappa shape index (κ1) is 22.5. The van der Waals surface area contributed by atoms with Crippen molar-refractivity contribution in [2.75, 3.05) is 26.6 Å². The Labute approximate surface area is 208 Å². The van der Waals surface area contributed by atoms with Crippen molar-refractivity contribution in [1.29, 1.82) is 0 Å². The number of rotatable bonds is 6. The van der Waals surface area contributed by atoms with E-state index in [1.54, 1.807) is 0 Å². The first-order valence-electron chi connectivity index (χ1n) is 12.2. The van der Waals surface area contributed by atoms with Crippen LogP contribution in [0.1, 0.15) is 46.4 Å². The molecule has 1 saturated heterocycles. The van der Waals surface area contributed by atoms with Crippen molar-refractivity contribution in [2.45, 2.75) is 31.8 Å². The standard InChI is InChI=1S/C28H26N2O6/c31-25(29-14-19-4-3-11-33-19)15-34-28(32)26-20-5-1-2-6-22(20)30-27-18(8-9-21(26)27)12-17-7-10-23-24(13-17)36-16-35-23/h1-2,5-7,10,12-13,19H,3-4,8-9,11,14-16H2,(H,29,31)/b18-12+. The summed E-state index contributed by atoms with van der Waals surface area (Å²) in [6.45, 7) is 1.04. The average Bonchev–Trinajstić information content (AvgIpc) is 3.66. The van der Waals surface area contributed by atoms with Crippen molar-refractivity contribution in [3.05, 3.63) is 64.8 Å². The lowest BCUT2D eigenvalue weighted by molar-refractivity contribution is -0.124. The van der Waals surface area contributed by atoms with Crippen LogP contribution in [0.3, 0.4) is 0 Å². The molecule has 8 heteroatoms. The molecule has 0 radical (unpaired) electrons. The van der Waals surface area contributed by atoms with Gasteiger partial charge >= 0.3 is 5.97 Å². The van der Waals surface area contributed by atoms with E-state index in [1.165, 1.54) is 0 Å². The molecule has 1 aromatic heterocycles. The number of aromatic nitrogens is 1. The Hall–Kier alpha value is -3.91. The van der Waals surface area contributed by atoms with Crippen molar-refractivity contribution in [3.8, 4) is 11.5 Å². The third-order valence-corrected chi connectivity index (χ3v) is 6.77. The molecular weight excluding hydrogens is 460 g/mol. The number of fused-ring (bicyclic) bond motifs is 3. The largest absolute Gasteiger partial charge is 0.454 e. The van der Waals surface area contributed by atoms with Crippen LogP contribution in [-0.2, 0) is 20.7 Å². The van der Waals surface area contributed by atoms with E-state index < -0.39 is 5.97 Å². The van der Waals surface area contributed by atoms with E-state index in [9.17, 15) is 9.59 Å². The lowest BCUT2D eigenvalue weighted by atomic mass is 10.0. The van der Waals surface area contributed by atoms with Crippen LogP contribution >= 0.6 is 0 Å². The number of carbonyl (C=O) groups excluding carboxylic acids is 2. The number of esters is 1. The van der Waals surface area contributed by atoms with Gasteiger partial charge in [0, 0.05) is 18.5 Å². The minimum absolute atomic E-state index is 0.0343. The summed E-state index contributed by atoms with van der Waals surface area (Å²) in [7, 11) is 0. The van der Waals surface area contributed by atoms with E-state index in [-0.39, 0.29) is 25.4 Å². The van der Waals surface area contributed by atoms with Gasteiger partial charge in [-0.15, -0.1) is 0 Å². The number of benzene rings is 2. The maximum atomic E-state index is 13.3. The third-order valence-electron chi connectivity index (χ3n) is 6.77. The fraction of sp³-hybridized carbons (Fsp3) is 0.321. The van der Waals surface area contributed by atoms with Gasteiger partial charge in [0.1, 0.15) is 0 Å². The quantitative estimate of drug-likeness (QED) is 0.528. The monoisotopic (exact) mass is 486 g/mol. The van der Waals surface area contributed by atoms with Gasteiger partial charge in [0.05, 0.1) is 22.9 Å². The second kappa shape index (κ2) is 9.62. The fourth-order valence-electron chi connectivity index (χ4n) is 5.00. The lowest BCUT2D eigenvalue weighted by Gasteiger charge is -2.13. The number of nitrogens with zero attached hydrogens (tertiary/aromatic N) is 1. The Kier molecular flexibility index (Phi) is 6.03. The molecule has 184 valence electrons. The molecule has 3 aromatic rings. The number of hydrogen-bond acceptors (Lipinski definition) is 7. The van der Waals surface area contributed by atoms with Gasteiger partial charge in [-0.25, -0.2) is 9.78 Å². The van der Waals surface area contributed by atoms with Gasteiger partial charge in [-0.1, -0.05) is 24.3 Å². The van der Waals surface area contributed by atoms with Crippen LogP contribution < -0.4 is 14.8 Å². The second-order valence-corrected chi connectivity index (χ2v) is 9.13. The maximum Gasteiger partial charge on any atom is 0.339 e. The van der Waals surface area contributed by atoms with Gasteiger partial charge in [-0.05, 0) is 66.7 Å². The molecule has 36 heavy (non-hydrogen) atoms. The van der Waals surface area contributed by atoms with E-state index in [4.69, 9.17) is 23.9 Å². The molecular formula is C28H26N2O6. The first-order chi connectivity index (χ1) is 17.7. The van der Waals surface area contributed by atoms with Gasteiger partial charge in [0.25, 0.3) is 5.91 Å². The first-order valence-corrected chi connectivity index (χ1v) is 12.2. The van der Waals surface area contributed by atoms with E-state index in [0.717, 1.165) is 65.1 Å². The van der Waals surface area contributed by atoms with Crippen molar-refractivity contribution in [2.24, 2.45) is 0 Å². The highest BCUT2D eigenvalue weighted by Gasteiger charge is 2.28.